The lowest BCUT2D eigenvalue weighted by Gasteiger charge is -2.42. The molecule has 100 valence electrons. The van der Waals surface area contributed by atoms with Gasteiger partial charge in [-0.15, -0.1) is 0 Å². The van der Waals surface area contributed by atoms with E-state index in [4.69, 9.17) is 10.5 Å². The molecule has 1 aromatic rings. The van der Waals surface area contributed by atoms with E-state index < -0.39 is 0 Å². The Labute approximate surface area is 106 Å². The number of nitrogens with two attached hydrogens (primary N) is 1. The number of aryl methyl sites for hydroxylation is 2. The summed E-state index contributed by atoms with van der Waals surface area (Å²) < 4.78 is 5.52. The molecule has 0 bridgehead atoms. The summed E-state index contributed by atoms with van der Waals surface area (Å²) in [5.41, 5.74) is 7.97. The Morgan fingerprint density at radius 2 is 2.33 bits per heavy atom. The van der Waals surface area contributed by atoms with E-state index in [0.717, 1.165) is 12.1 Å². The largest absolute Gasteiger partial charge is 0.376 e. The zero-order valence-electron chi connectivity index (χ0n) is 11.0. The van der Waals surface area contributed by atoms with Gasteiger partial charge < -0.3 is 15.8 Å². The second-order valence-electron chi connectivity index (χ2n) is 4.70. The van der Waals surface area contributed by atoms with Gasteiger partial charge >= 0.3 is 0 Å². The van der Waals surface area contributed by atoms with E-state index in [9.17, 15) is 4.79 Å². The number of aromatic nitrogens is 2. The molecule has 1 fully saturated rings. The van der Waals surface area contributed by atoms with Crippen LogP contribution in [0.4, 0.5) is 0 Å². The standard InChI is InChI=1S/C12H20N4O2/c1-4-18-9-5-8(13)11(9)14-12(17)10-6(2)15-16-7(10)3/h8-9,11H,4-5,13H2,1-3H3,(H,14,17)(H,15,16). The maximum atomic E-state index is 12.2. The first-order chi connectivity index (χ1) is 8.54. The highest BCUT2D eigenvalue weighted by Gasteiger charge is 2.40. The average molecular weight is 252 g/mol. The molecule has 1 saturated carbocycles. The van der Waals surface area contributed by atoms with Gasteiger partial charge in [0.25, 0.3) is 5.91 Å². The molecule has 6 nitrogen and oxygen atoms in total. The molecule has 6 heteroatoms. The minimum Gasteiger partial charge on any atom is -0.376 e. The summed E-state index contributed by atoms with van der Waals surface area (Å²) in [5, 5.41) is 9.75. The van der Waals surface area contributed by atoms with Crippen molar-refractivity contribution < 1.29 is 9.53 Å². The third-order valence-corrected chi connectivity index (χ3v) is 3.40. The highest BCUT2D eigenvalue weighted by atomic mass is 16.5. The van der Waals surface area contributed by atoms with Crippen molar-refractivity contribution in [2.75, 3.05) is 6.61 Å². The number of nitrogens with zero attached hydrogens (tertiary/aromatic N) is 1. The first-order valence-corrected chi connectivity index (χ1v) is 6.24. The fourth-order valence-corrected chi connectivity index (χ4v) is 2.34. The first-order valence-electron chi connectivity index (χ1n) is 6.24. The fraction of sp³-hybridized carbons (Fsp3) is 0.667. The van der Waals surface area contributed by atoms with Crippen LogP contribution in [-0.2, 0) is 4.74 Å². The summed E-state index contributed by atoms with van der Waals surface area (Å²) in [4.78, 5) is 12.2. The zero-order valence-corrected chi connectivity index (χ0v) is 11.0. The summed E-state index contributed by atoms with van der Waals surface area (Å²) in [6.45, 7) is 6.20. The Morgan fingerprint density at radius 1 is 1.61 bits per heavy atom. The van der Waals surface area contributed by atoms with E-state index in [1.54, 1.807) is 6.92 Å². The topological polar surface area (TPSA) is 93.0 Å². The van der Waals surface area contributed by atoms with Crippen LogP contribution in [0, 0.1) is 13.8 Å². The molecule has 1 amide bonds. The van der Waals surface area contributed by atoms with Crippen LogP contribution in [0.5, 0.6) is 0 Å². The molecule has 3 atom stereocenters. The molecule has 0 spiro atoms. The molecule has 0 aliphatic heterocycles. The molecule has 1 aromatic heterocycles. The van der Waals surface area contributed by atoms with Crippen LogP contribution >= 0.6 is 0 Å². The fourth-order valence-electron chi connectivity index (χ4n) is 2.34. The van der Waals surface area contributed by atoms with Crippen LogP contribution in [-0.4, -0.2) is 40.9 Å². The van der Waals surface area contributed by atoms with Gasteiger partial charge in [0.1, 0.15) is 0 Å². The van der Waals surface area contributed by atoms with E-state index in [1.807, 2.05) is 13.8 Å². The Kier molecular flexibility index (Phi) is 3.68. The third kappa shape index (κ3) is 2.26. The number of hydrogen-bond acceptors (Lipinski definition) is 4. The average Bonchev–Trinajstić information content (AvgIpc) is 2.66. The number of aromatic amines is 1. The van der Waals surface area contributed by atoms with Gasteiger partial charge in [-0.05, 0) is 27.2 Å². The van der Waals surface area contributed by atoms with Crippen LogP contribution in [0.2, 0.25) is 0 Å². The molecule has 0 aromatic carbocycles. The van der Waals surface area contributed by atoms with Gasteiger partial charge in [-0.3, -0.25) is 9.89 Å². The maximum absolute atomic E-state index is 12.2. The lowest BCUT2D eigenvalue weighted by Crippen LogP contribution is -2.64. The number of hydrogen-bond donors (Lipinski definition) is 3. The molecule has 2 rings (SSSR count). The zero-order chi connectivity index (χ0) is 13.3. The van der Waals surface area contributed by atoms with Crippen LogP contribution < -0.4 is 11.1 Å². The predicted molar refractivity (Wildman–Crippen MR) is 67.3 cm³/mol. The number of rotatable bonds is 4. The summed E-state index contributed by atoms with van der Waals surface area (Å²) in [6.07, 6.45) is 0.823. The van der Waals surface area contributed by atoms with Crippen molar-refractivity contribution in [2.45, 2.75) is 45.4 Å². The van der Waals surface area contributed by atoms with Crippen LogP contribution in [0.1, 0.15) is 35.1 Å². The van der Waals surface area contributed by atoms with Gasteiger partial charge in [0.2, 0.25) is 0 Å². The Hall–Kier alpha value is -1.40. The van der Waals surface area contributed by atoms with Gasteiger partial charge in [0, 0.05) is 18.3 Å². The number of ether oxygens (including phenoxy) is 1. The number of nitrogens with one attached hydrogen (secondary N) is 2. The van der Waals surface area contributed by atoms with Crippen molar-refractivity contribution in [2.24, 2.45) is 5.73 Å². The van der Waals surface area contributed by atoms with Crippen molar-refractivity contribution in [3.63, 3.8) is 0 Å². The highest BCUT2D eigenvalue weighted by Crippen LogP contribution is 2.23. The quantitative estimate of drug-likeness (QED) is 0.716. The minimum absolute atomic E-state index is 0.0291. The molecule has 4 N–H and O–H groups in total. The van der Waals surface area contributed by atoms with Gasteiger partial charge in [0.15, 0.2) is 0 Å². The number of carbonyl (C=O) groups is 1. The predicted octanol–water partition coefficient (Wildman–Crippen LogP) is 0.261. The molecule has 18 heavy (non-hydrogen) atoms. The number of H-pyrrole nitrogens is 1. The molecule has 1 heterocycles. The molecular formula is C12H20N4O2. The van der Waals surface area contributed by atoms with Crippen LogP contribution in [0.15, 0.2) is 0 Å². The van der Waals surface area contributed by atoms with Crippen molar-refractivity contribution in [1.29, 1.82) is 0 Å². The SMILES string of the molecule is CCOC1CC(N)C1NC(=O)c1c(C)n[nH]c1C. The van der Waals surface area contributed by atoms with Crippen LogP contribution in [0.3, 0.4) is 0 Å². The second kappa shape index (κ2) is 5.07. The van der Waals surface area contributed by atoms with Gasteiger partial charge in [-0.2, -0.15) is 5.10 Å². The highest BCUT2D eigenvalue weighted by molar-refractivity contribution is 5.96. The lowest BCUT2D eigenvalue weighted by molar-refractivity contribution is -0.0300. The minimum atomic E-state index is -0.136. The molecular weight excluding hydrogens is 232 g/mol. The van der Waals surface area contributed by atoms with E-state index in [1.165, 1.54) is 0 Å². The normalized spacial score (nSPS) is 26.8. The lowest BCUT2D eigenvalue weighted by atomic mass is 9.83. The molecule has 0 saturated heterocycles. The monoisotopic (exact) mass is 252 g/mol. The Morgan fingerprint density at radius 3 is 2.83 bits per heavy atom. The van der Waals surface area contributed by atoms with Gasteiger partial charge in [0.05, 0.1) is 23.4 Å². The van der Waals surface area contributed by atoms with E-state index in [0.29, 0.717) is 17.9 Å². The first kappa shape index (κ1) is 13.0. The molecule has 0 radical (unpaired) electrons. The molecule has 3 unspecified atom stereocenters. The van der Waals surface area contributed by atoms with Crippen molar-refractivity contribution in [1.82, 2.24) is 15.5 Å². The summed E-state index contributed by atoms with van der Waals surface area (Å²) in [7, 11) is 0. The van der Waals surface area contributed by atoms with Crippen molar-refractivity contribution in [3.8, 4) is 0 Å². The summed E-state index contributed by atoms with van der Waals surface area (Å²) >= 11 is 0. The van der Waals surface area contributed by atoms with Gasteiger partial charge in [-0.1, -0.05) is 0 Å². The molecule has 1 aliphatic rings. The van der Waals surface area contributed by atoms with E-state index in [-0.39, 0.29) is 24.1 Å². The van der Waals surface area contributed by atoms with Gasteiger partial charge in [-0.25, -0.2) is 0 Å². The van der Waals surface area contributed by atoms with Crippen molar-refractivity contribution >= 4 is 5.91 Å². The second-order valence-corrected chi connectivity index (χ2v) is 4.70. The van der Waals surface area contributed by atoms with Crippen molar-refractivity contribution in [3.05, 3.63) is 17.0 Å². The summed E-state index contributed by atoms with van der Waals surface area (Å²) in [6, 6.07) is -0.135. The number of carbonyl (C=O) groups excluding carboxylic acids is 1. The Bertz CT molecular complexity index is 422. The molecule has 1 aliphatic carbocycles. The third-order valence-electron chi connectivity index (χ3n) is 3.40. The van der Waals surface area contributed by atoms with Crippen LogP contribution in [0.25, 0.3) is 0 Å². The summed E-state index contributed by atoms with van der Waals surface area (Å²) in [5.74, 6) is -0.136. The Balaban J connectivity index is 2.03. The van der Waals surface area contributed by atoms with E-state index in [2.05, 4.69) is 15.5 Å². The van der Waals surface area contributed by atoms with E-state index >= 15 is 0 Å². The smallest absolute Gasteiger partial charge is 0.255 e. The number of amides is 1. The maximum Gasteiger partial charge on any atom is 0.255 e.